The van der Waals surface area contributed by atoms with Crippen LogP contribution in [-0.4, -0.2) is 31.5 Å². The van der Waals surface area contributed by atoms with Crippen LogP contribution in [0, 0.1) is 13.8 Å². The highest BCUT2D eigenvalue weighted by Gasteiger charge is 2.26. The number of ether oxygens (including phenoxy) is 1. The van der Waals surface area contributed by atoms with Crippen molar-refractivity contribution >= 4 is 29.1 Å². The maximum Gasteiger partial charge on any atom is 0.253 e. The van der Waals surface area contributed by atoms with Crippen molar-refractivity contribution in [1.82, 2.24) is 5.32 Å². The molecule has 0 unspecified atom stereocenters. The fourth-order valence-electron chi connectivity index (χ4n) is 3.21. The molecule has 0 saturated carbocycles. The quantitative estimate of drug-likeness (QED) is 0.766. The lowest BCUT2D eigenvalue weighted by Gasteiger charge is -2.20. The lowest BCUT2D eigenvalue weighted by atomic mass is 10.1. The lowest BCUT2D eigenvalue weighted by Crippen LogP contribution is -2.31. The number of rotatable bonds is 6. The number of carbonyl (C=O) groups is 2. The van der Waals surface area contributed by atoms with Gasteiger partial charge in [-0.15, -0.1) is 0 Å². The third kappa shape index (κ3) is 4.61. The van der Waals surface area contributed by atoms with Gasteiger partial charge in [-0.1, -0.05) is 29.3 Å². The summed E-state index contributed by atoms with van der Waals surface area (Å²) in [5.41, 5.74) is 3.26. The zero-order valence-corrected chi connectivity index (χ0v) is 16.3. The Hall–Kier alpha value is -2.53. The number of nitrogens with zero attached hydrogens (tertiary/aromatic N) is 1. The highest BCUT2D eigenvalue weighted by Crippen LogP contribution is 2.28. The van der Waals surface area contributed by atoms with Gasteiger partial charge in [0.15, 0.2) is 0 Å². The summed E-state index contributed by atoms with van der Waals surface area (Å²) in [6.07, 6.45) is 1.29. The topological polar surface area (TPSA) is 58.6 Å². The van der Waals surface area contributed by atoms with Gasteiger partial charge in [0.25, 0.3) is 5.91 Å². The summed E-state index contributed by atoms with van der Waals surface area (Å²) in [4.78, 5) is 26.3. The summed E-state index contributed by atoms with van der Waals surface area (Å²) in [5, 5.41) is 3.35. The molecule has 3 rings (SSSR count). The molecule has 5 nitrogen and oxygen atoms in total. The first-order valence-electron chi connectivity index (χ1n) is 9.04. The first-order valence-corrected chi connectivity index (χ1v) is 9.41. The van der Waals surface area contributed by atoms with Gasteiger partial charge < -0.3 is 15.0 Å². The smallest absolute Gasteiger partial charge is 0.253 e. The number of hydrogen-bond donors (Lipinski definition) is 1. The van der Waals surface area contributed by atoms with E-state index in [0.29, 0.717) is 42.4 Å². The van der Waals surface area contributed by atoms with Crippen molar-refractivity contribution in [2.45, 2.75) is 26.7 Å². The Morgan fingerprint density at radius 2 is 2.04 bits per heavy atom. The Labute approximate surface area is 164 Å². The molecule has 0 bridgehead atoms. The van der Waals surface area contributed by atoms with Gasteiger partial charge in [-0.25, -0.2) is 0 Å². The second kappa shape index (κ2) is 8.44. The summed E-state index contributed by atoms with van der Waals surface area (Å²) < 4.78 is 5.74. The van der Waals surface area contributed by atoms with Gasteiger partial charge in [0.1, 0.15) is 12.4 Å². The molecule has 0 radical (unpaired) electrons. The SMILES string of the molecule is Cc1ccc(OCCNC(=O)c2ccc(Cl)cc2N2CCCC2=O)c(C)c1. The predicted molar refractivity (Wildman–Crippen MR) is 107 cm³/mol. The highest BCUT2D eigenvalue weighted by molar-refractivity contribution is 6.31. The molecule has 27 heavy (non-hydrogen) atoms. The van der Waals surface area contributed by atoms with E-state index in [1.165, 1.54) is 5.56 Å². The Bertz CT molecular complexity index is 867. The van der Waals surface area contributed by atoms with Crippen LogP contribution in [0.25, 0.3) is 0 Å². The molecule has 0 spiro atoms. The second-order valence-corrected chi connectivity index (χ2v) is 7.12. The summed E-state index contributed by atoms with van der Waals surface area (Å²) in [6.45, 7) is 5.36. The molecule has 1 aliphatic heterocycles. The third-order valence-corrected chi connectivity index (χ3v) is 4.78. The minimum absolute atomic E-state index is 0.0181. The number of amides is 2. The van der Waals surface area contributed by atoms with Crippen LogP contribution in [0.5, 0.6) is 5.75 Å². The molecule has 1 aliphatic rings. The predicted octanol–water partition coefficient (Wildman–Crippen LogP) is 3.89. The van der Waals surface area contributed by atoms with Crippen LogP contribution in [-0.2, 0) is 4.79 Å². The van der Waals surface area contributed by atoms with E-state index in [4.69, 9.17) is 16.3 Å². The molecule has 1 N–H and O–H groups in total. The van der Waals surface area contributed by atoms with E-state index in [-0.39, 0.29) is 11.8 Å². The van der Waals surface area contributed by atoms with Gasteiger partial charge in [-0.3, -0.25) is 9.59 Å². The number of halogens is 1. The molecular weight excluding hydrogens is 364 g/mol. The van der Waals surface area contributed by atoms with E-state index in [2.05, 4.69) is 11.4 Å². The van der Waals surface area contributed by atoms with Gasteiger partial charge in [-0.05, 0) is 50.1 Å². The van der Waals surface area contributed by atoms with E-state index in [9.17, 15) is 9.59 Å². The van der Waals surface area contributed by atoms with E-state index < -0.39 is 0 Å². The van der Waals surface area contributed by atoms with Crippen molar-refractivity contribution in [3.8, 4) is 5.75 Å². The van der Waals surface area contributed by atoms with Crippen LogP contribution < -0.4 is 15.0 Å². The summed E-state index contributed by atoms with van der Waals surface area (Å²) >= 11 is 6.08. The highest BCUT2D eigenvalue weighted by atomic mass is 35.5. The number of hydrogen-bond acceptors (Lipinski definition) is 3. The minimum Gasteiger partial charge on any atom is -0.491 e. The molecule has 1 saturated heterocycles. The molecule has 0 atom stereocenters. The van der Waals surface area contributed by atoms with Crippen LogP contribution in [0.4, 0.5) is 5.69 Å². The van der Waals surface area contributed by atoms with Crippen molar-refractivity contribution < 1.29 is 14.3 Å². The molecule has 6 heteroatoms. The molecule has 142 valence electrons. The van der Waals surface area contributed by atoms with Crippen molar-refractivity contribution in [2.24, 2.45) is 0 Å². The van der Waals surface area contributed by atoms with Gasteiger partial charge in [0.05, 0.1) is 17.8 Å². The van der Waals surface area contributed by atoms with Crippen LogP contribution in [0.1, 0.15) is 34.3 Å². The van der Waals surface area contributed by atoms with Gasteiger partial charge >= 0.3 is 0 Å². The fraction of sp³-hybridized carbons (Fsp3) is 0.333. The Balaban J connectivity index is 1.62. The number of carbonyl (C=O) groups excluding carboxylic acids is 2. The zero-order chi connectivity index (χ0) is 19.4. The van der Waals surface area contributed by atoms with Gasteiger partial charge in [-0.2, -0.15) is 0 Å². The van der Waals surface area contributed by atoms with Crippen LogP contribution in [0.2, 0.25) is 5.02 Å². The van der Waals surface area contributed by atoms with Crippen LogP contribution >= 0.6 is 11.6 Å². The standard InChI is InChI=1S/C21H23ClN2O3/c1-14-5-8-19(15(2)12-14)27-11-9-23-21(26)17-7-6-16(22)13-18(17)24-10-3-4-20(24)25/h5-8,12-13H,3-4,9-11H2,1-2H3,(H,23,26). The Kier molecular flexibility index (Phi) is 6.01. The van der Waals surface area contributed by atoms with E-state index in [1.54, 1.807) is 23.1 Å². The Morgan fingerprint density at radius 1 is 1.22 bits per heavy atom. The van der Waals surface area contributed by atoms with E-state index in [1.807, 2.05) is 26.0 Å². The van der Waals surface area contributed by atoms with Crippen molar-refractivity contribution in [2.75, 3.05) is 24.6 Å². The first kappa shape index (κ1) is 19.2. The maximum absolute atomic E-state index is 12.6. The third-order valence-electron chi connectivity index (χ3n) is 4.54. The summed E-state index contributed by atoms with van der Waals surface area (Å²) in [6, 6.07) is 11.0. The average molecular weight is 387 g/mol. The van der Waals surface area contributed by atoms with Crippen molar-refractivity contribution in [3.05, 3.63) is 58.1 Å². The summed E-state index contributed by atoms with van der Waals surface area (Å²) in [5.74, 6) is 0.583. The number of benzene rings is 2. The van der Waals surface area contributed by atoms with E-state index in [0.717, 1.165) is 17.7 Å². The normalized spacial score (nSPS) is 13.7. The maximum atomic E-state index is 12.6. The monoisotopic (exact) mass is 386 g/mol. The summed E-state index contributed by atoms with van der Waals surface area (Å²) in [7, 11) is 0. The molecule has 0 aromatic heterocycles. The van der Waals surface area contributed by atoms with Crippen LogP contribution in [0.15, 0.2) is 36.4 Å². The molecule has 0 aliphatic carbocycles. The van der Waals surface area contributed by atoms with Gasteiger partial charge in [0, 0.05) is 18.0 Å². The first-order chi connectivity index (χ1) is 13.0. The largest absolute Gasteiger partial charge is 0.491 e. The Morgan fingerprint density at radius 3 is 2.74 bits per heavy atom. The molecule has 2 aromatic carbocycles. The fourth-order valence-corrected chi connectivity index (χ4v) is 3.37. The number of anilines is 1. The molecular formula is C21H23ClN2O3. The van der Waals surface area contributed by atoms with E-state index >= 15 is 0 Å². The minimum atomic E-state index is -0.245. The van der Waals surface area contributed by atoms with Crippen LogP contribution in [0.3, 0.4) is 0 Å². The van der Waals surface area contributed by atoms with Crippen molar-refractivity contribution in [1.29, 1.82) is 0 Å². The molecule has 2 amide bonds. The molecule has 1 fully saturated rings. The molecule has 2 aromatic rings. The number of aryl methyl sites for hydroxylation is 2. The zero-order valence-electron chi connectivity index (χ0n) is 15.5. The number of nitrogens with one attached hydrogen (secondary N) is 1. The lowest BCUT2D eigenvalue weighted by molar-refractivity contribution is -0.117. The van der Waals surface area contributed by atoms with Crippen molar-refractivity contribution in [3.63, 3.8) is 0 Å². The van der Waals surface area contributed by atoms with Gasteiger partial charge in [0.2, 0.25) is 5.91 Å². The average Bonchev–Trinajstić information content (AvgIpc) is 3.05. The molecule has 1 heterocycles. The second-order valence-electron chi connectivity index (χ2n) is 6.68.